The molecule has 13 heavy (non-hydrogen) atoms. The lowest BCUT2D eigenvalue weighted by atomic mass is 9.80. The Labute approximate surface area is 82.5 Å². The highest BCUT2D eigenvalue weighted by molar-refractivity contribution is 4.85. The van der Waals surface area contributed by atoms with E-state index in [0.717, 1.165) is 12.8 Å². The van der Waals surface area contributed by atoms with Crippen molar-refractivity contribution in [2.24, 2.45) is 5.92 Å². The smallest absolute Gasteiger partial charge is 0.0673 e. The average molecular weight is 184 g/mol. The summed E-state index contributed by atoms with van der Waals surface area (Å²) in [6.07, 6.45) is 9.54. The SMILES string of the molecule is CCCC(C)C1(O)CCCCCC1. The lowest BCUT2D eigenvalue weighted by Crippen LogP contribution is -2.35. The van der Waals surface area contributed by atoms with Gasteiger partial charge in [-0.25, -0.2) is 0 Å². The normalized spacial score (nSPS) is 25.2. The fraction of sp³-hybridized carbons (Fsp3) is 1.00. The fourth-order valence-corrected chi connectivity index (χ4v) is 2.54. The summed E-state index contributed by atoms with van der Waals surface area (Å²) in [6, 6.07) is 0. The van der Waals surface area contributed by atoms with Gasteiger partial charge < -0.3 is 5.11 Å². The number of rotatable bonds is 3. The molecule has 0 amide bonds. The molecule has 1 saturated carbocycles. The molecule has 1 N–H and O–H groups in total. The van der Waals surface area contributed by atoms with Crippen LogP contribution in [0.15, 0.2) is 0 Å². The summed E-state index contributed by atoms with van der Waals surface area (Å²) in [5.41, 5.74) is -0.327. The quantitative estimate of drug-likeness (QED) is 0.665. The first-order chi connectivity index (χ1) is 6.19. The maximum absolute atomic E-state index is 10.5. The van der Waals surface area contributed by atoms with E-state index in [9.17, 15) is 5.11 Å². The monoisotopic (exact) mass is 184 g/mol. The molecule has 1 rings (SSSR count). The van der Waals surface area contributed by atoms with Crippen LogP contribution in [-0.4, -0.2) is 10.7 Å². The molecule has 0 heterocycles. The van der Waals surface area contributed by atoms with Crippen molar-refractivity contribution in [3.05, 3.63) is 0 Å². The number of hydrogen-bond acceptors (Lipinski definition) is 1. The van der Waals surface area contributed by atoms with E-state index in [4.69, 9.17) is 0 Å². The molecule has 0 saturated heterocycles. The molecule has 1 unspecified atom stereocenters. The molecule has 1 fully saturated rings. The van der Waals surface area contributed by atoms with Crippen LogP contribution in [0.2, 0.25) is 0 Å². The van der Waals surface area contributed by atoms with E-state index in [1.54, 1.807) is 0 Å². The van der Waals surface area contributed by atoms with Crippen LogP contribution < -0.4 is 0 Å². The minimum absolute atomic E-state index is 0.327. The number of hydrogen-bond donors (Lipinski definition) is 1. The van der Waals surface area contributed by atoms with Gasteiger partial charge in [0.15, 0.2) is 0 Å². The zero-order valence-electron chi connectivity index (χ0n) is 9.18. The zero-order valence-corrected chi connectivity index (χ0v) is 9.18. The predicted octanol–water partition coefficient (Wildman–Crippen LogP) is 3.51. The van der Waals surface area contributed by atoms with Crippen molar-refractivity contribution in [2.45, 2.75) is 70.8 Å². The Hall–Kier alpha value is -0.0400. The first-order valence-corrected chi connectivity index (χ1v) is 5.91. The predicted molar refractivity (Wildman–Crippen MR) is 56.7 cm³/mol. The van der Waals surface area contributed by atoms with Crippen molar-refractivity contribution in [3.63, 3.8) is 0 Å². The average Bonchev–Trinajstić information content (AvgIpc) is 2.32. The molecule has 0 aliphatic heterocycles. The van der Waals surface area contributed by atoms with Gasteiger partial charge in [-0.3, -0.25) is 0 Å². The molecule has 1 aliphatic rings. The molecule has 0 aromatic rings. The van der Waals surface area contributed by atoms with Crippen molar-refractivity contribution < 1.29 is 5.11 Å². The molecule has 0 aromatic carbocycles. The van der Waals surface area contributed by atoms with Crippen LogP contribution in [-0.2, 0) is 0 Å². The van der Waals surface area contributed by atoms with Crippen molar-refractivity contribution in [2.75, 3.05) is 0 Å². The van der Waals surface area contributed by atoms with E-state index < -0.39 is 0 Å². The summed E-state index contributed by atoms with van der Waals surface area (Å²) in [5.74, 6) is 0.496. The lowest BCUT2D eigenvalue weighted by molar-refractivity contribution is -0.0285. The Kier molecular flexibility index (Phi) is 4.24. The van der Waals surface area contributed by atoms with Crippen LogP contribution in [0, 0.1) is 5.92 Å². The third kappa shape index (κ3) is 2.98. The fourth-order valence-electron chi connectivity index (χ4n) is 2.54. The Morgan fingerprint density at radius 1 is 1.15 bits per heavy atom. The van der Waals surface area contributed by atoms with Gasteiger partial charge in [-0.15, -0.1) is 0 Å². The second kappa shape index (κ2) is 4.99. The van der Waals surface area contributed by atoms with Gasteiger partial charge in [0.25, 0.3) is 0 Å². The van der Waals surface area contributed by atoms with Crippen LogP contribution in [0.5, 0.6) is 0 Å². The Morgan fingerprint density at radius 3 is 2.15 bits per heavy atom. The van der Waals surface area contributed by atoms with Gasteiger partial charge in [-0.1, -0.05) is 46.0 Å². The summed E-state index contributed by atoms with van der Waals surface area (Å²) in [6.45, 7) is 4.42. The molecule has 1 nitrogen and oxygen atoms in total. The van der Waals surface area contributed by atoms with Crippen molar-refractivity contribution >= 4 is 0 Å². The van der Waals surface area contributed by atoms with E-state index in [-0.39, 0.29) is 5.60 Å². The molecule has 0 radical (unpaired) electrons. The van der Waals surface area contributed by atoms with Crippen molar-refractivity contribution in [1.82, 2.24) is 0 Å². The summed E-state index contributed by atoms with van der Waals surface area (Å²) in [4.78, 5) is 0. The molecule has 1 atom stereocenters. The van der Waals surface area contributed by atoms with Crippen LogP contribution in [0.4, 0.5) is 0 Å². The number of aliphatic hydroxyl groups is 1. The van der Waals surface area contributed by atoms with Gasteiger partial charge in [0, 0.05) is 0 Å². The topological polar surface area (TPSA) is 20.2 Å². The molecule has 1 aliphatic carbocycles. The Bertz CT molecular complexity index is 134. The first-order valence-electron chi connectivity index (χ1n) is 5.91. The third-order valence-corrected chi connectivity index (χ3v) is 3.61. The van der Waals surface area contributed by atoms with Crippen molar-refractivity contribution in [3.8, 4) is 0 Å². The van der Waals surface area contributed by atoms with Gasteiger partial charge in [-0.05, 0) is 25.2 Å². The Balaban J connectivity index is 2.49. The van der Waals surface area contributed by atoms with Crippen LogP contribution in [0.25, 0.3) is 0 Å². The summed E-state index contributed by atoms with van der Waals surface area (Å²) >= 11 is 0. The highest BCUT2D eigenvalue weighted by Crippen LogP contribution is 2.35. The van der Waals surface area contributed by atoms with Crippen molar-refractivity contribution in [1.29, 1.82) is 0 Å². The first kappa shape index (κ1) is 11.0. The molecule has 0 spiro atoms. The van der Waals surface area contributed by atoms with Crippen LogP contribution >= 0.6 is 0 Å². The second-order valence-corrected chi connectivity index (χ2v) is 4.71. The standard InChI is InChI=1S/C12H24O/c1-3-8-11(2)12(13)9-6-4-5-7-10-12/h11,13H,3-10H2,1-2H3. The van der Waals surface area contributed by atoms with E-state index in [0.29, 0.717) is 5.92 Å². The van der Waals surface area contributed by atoms with Gasteiger partial charge in [0.1, 0.15) is 0 Å². The Morgan fingerprint density at radius 2 is 1.69 bits per heavy atom. The van der Waals surface area contributed by atoms with Crippen LogP contribution in [0.1, 0.15) is 65.2 Å². The molecular weight excluding hydrogens is 160 g/mol. The highest BCUT2D eigenvalue weighted by Gasteiger charge is 2.33. The summed E-state index contributed by atoms with van der Waals surface area (Å²) in [5, 5.41) is 10.5. The minimum Gasteiger partial charge on any atom is -0.390 e. The lowest BCUT2D eigenvalue weighted by Gasteiger charge is -2.33. The molecular formula is C12H24O. The van der Waals surface area contributed by atoms with Crippen LogP contribution in [0.3, 0.4) is 0 Å². The van der Waals surface area contributed by atoms with E-state index in [1.807, 2.05) is 0 Å². The highest BCUT2D eigenvalue weighted by atomic mass is 16.3. The van der Waals surface area contributed by atoms with Gasteiger partial charge >= 0.3 is 0 Å². The molecule has 0 bridgehead atoms. The van der Waals surface area contributed by atoms with E-state index in [1.165, 1.54) is 38.5 Å². The maximum Gasteiger partial charge on any atom is 0.0673 e. The van der Waals surface area contributed by atoms with Gasteiger partial charge in [0.2, 0.25) is 0 Å². The van der Waals surface area contributed by atoms with E-state index in [2.05, 4.69) is 13.8 Å². The summed E-state index contributed by atoms with van der Waals surface area (Å²) < 4.78 is 0. The van der Waals surface area contributed by atoms with Gasteiger partial charge in [0.05, 0.1) is 5.60 Å². The third-order valence-electron chi connectivity index (χ3n) is 3.61. The van der Waals surface area contributed by atoms with Gasteiger partial charge in [-0.2, -0.15) is 0 Å². The molecule has 1 heteroatoms. The summed E-state index contributed by atoms with van der Waals surface area (Å²) in [7, 11) is 0. The van der Waals surface area contributed by atoms with E-state index >= 15 is 0 Å². The maximum atomic E-state index is 10.5. The molecule has 78 valence electrons. The minimum atomic E-state index is -0.327. The second-order valence-electron chi connectivity index (χ2n) is 4.71. The zero-order chi connectivity index (χ0) is 9.73. The molecule has 0 aromatic heterocycles. The largest absolute Gasteiger partial charge is 0.390 e.